The van der Waals surface area contributed by atoms with Gasteiger partial charge in [-0.15, -0.1) is 11.3 Å². The predicted molar refractivity (Wildman–Crippen MR) is 115 cm³/mol. The van der Waals surface area contributed by atoms with Crippen LogP contribution in [0.1, 0.15) is 43.8 Å². The third-order valence-electron chi connectivity index (χ3n) is 4.65. The number of rotatable bonds is 5. The monoisotopic (exact) mass is 420 g/mol. The minimum atomic E-state index is -0.618. The topological polar surface area (TPSA) is 58.6 Å². The quantitative estimate of drug-likeness (QED) is 0.699. The van der Waals surface area contributed by atoms with Crippen molar-refractivity contribution >= 4 is 46.1 Å². The fraction of sp³-hybridized carbons (Fsp3) is 0.429. The highest BCUT2D eigenvalue weighted by molar-refractivity contribution is 7.18. The average molecular weight is 421 g/mol. The summed E-state index contributed by atoms with van der Waals surface area (Å²) in [7, 11) is 0. The molecule has 0 radical (unpaired) electrons. The second-order valence-electron chi connectivity index (χ2n) is 8.05. The minimum absolute atomic E-state index is 0.0527. The molecule has 0 bridgehead atoms. The Morgan fingerprint density at radius 3 is 2.71 bits per heavy atom. The molecule has 0 fully saturated rings. The molecule has 0 spiro atoms. The van der Waals surface area contributed by atoms with Gasteiger partial charge in [0.1, 0.15) is 12.4 Å². The molecule has 0 saturated carbocycles. The van der Waals surface area contributed by atoms with Crippen molar-refractivity contribution in [2.24, 2.45) is 11.3 Å². The Kier molecular flexibility index (Phi) is 6.01. The maximum atomic E-state index is 13.1. The third-order valence-corrected chi connectivity index (χ3v) is 5.88. The number of hydrogen-bond donors (Lipinski definition) is 1. The van der Waals surface area contributed by atoms with Crippen molar-refractivity contribution in [1.82, 2.24) is 0 Å². The standard InChI is InChI=1S/C21H25ClN2O3S/c1-13(2)9-10-24-15-6-5-14(23-19(25)17-7-8-18(22)28-17)11-16(15)27-12-21(3,4)20(24)26/h5-8,11,13H,9-10,12H2,1-4H3,(H,23,25). The Morgan fingerprint density at radius 1 is 1.32 bits per heavy atom. The molecule has 1 aliphatic heterocycles. The van der Waals surface area contributed by atoms with Gasteiger partial charge in [-0.2, -0.15) is 0 Å². The lowest BCUT2D eigenvalue weighted by Gasteiger charge is -2.28. The highest BCUT2D eigenvalue weighted by Gasteiger charge is 2.37. The number of thiophene rings is 1. The maximum Gasteiger partial charge on any atom is 0.265 e. The van der Waals surface area contributed by atoms with E-state index in [1.165, 1.54) is 11.3 Å². The van der Waals surface area contributed by atoms with Crippen molar-refractivity contribution < 1.29 is 14.3 Å². The number of anilines is 2. The van der Waals surface area contributed by atoms with Gasteiger partial charge < -0.3 is 15.0 Å². The van der Waals surface area contributed by atoms with Crippen molar-refractivity contribution in [1.29, 1.82) is 0 Å². The van der Waals surface area contributed by atoms with Crippen molar-refractivity contribution in [2.75, 3.05) is 23.4 Å². The summed E-state index contributed by atoms with van der Waals surface area (Å²) < 4.78 is 6.54. The summed E-state index contributed by atoms with van der Waals surface area (Å²) >= 11 is 7.14. The average Bonchev–Trinajstić information content (AvgIpc) is 3.04. The van der Waals surface area contributed by atoms with E-state index >= 15 is 0 Å². The van der Waals surface area contributed by atoms with E-state index in [9.17, 15) is 9.59 Å². The normalized spacial score (nSPS) is 15.8. The molecule has 2 aromatic rings. The fourth-order valence-corrected chi connectivity index (χ4v) is 3.90. The van der Waals surface area contributed by atoms with Crippen LogP contribution in [-0.4, -0.2) is 25.0 Å². The zero-order valence-electron chi connectivity index (χ0n) is 16.5. The van der Waals surface area contributed by atoms with E-state index in [2.05, 4.69) is 19.2 Å². The highest BCUT2D eigenvalue weighted by Crippen LogP contribution is 2.38. The lowest BCUT2D eigenvalue weighted by molar-refractivity contribution is -0.127. The molecule has 5 nitrogen and oxygen atoms in total. The number of carbonyl (C=O) groups is 2. The molecule has 7 heteroatoms. The maximum absolute atomic E-state index is 13.1. The molecule has 0 unspecified atom stereocenters. The first kappa shape index (κ1) is 20.7. The molecule has 1 N–H and O–H groups in total. The first-order valence-electron chi connectivity index (χ1n) is 9.33. The minimum Gasteiger partial charge on any atom is -0.490 e. The van der Waals surface area contributed by atoms with Gasteiger partial charge in [0, 0.05) is 18.3 Å². The van der Waals surface area contributed by atoms with Crippen LogP contribution in [0.2, 0.25) is 4.34 Å². The number of fused-ring (bicyclic) bond motifs is 1. The SMILES string of the molecule is CC(C)CCN1C(=O)C(C)(C)COc2cc(NC(=O)c3ccc(Cl)s3)ccc21. The van der Waals surface area contributed by atoms with E-state index in [-0.39, 0.29) is 18.4 Å². The van der Waals surface area contributed by atoms with Crippen LogP contribution in [0.4, 0.5) is 11.4 Å². The summed E-state index contributed by atoms with van der Waals surface area (Å²) in [6.45, 7) is 8.99. The van der Waals surface area contributed by atoms with Crippen LogP contribution in [0.3, 0.4) is 0 Å². The van der Waals surface area contributed by atoms with E-state index in [1.807, 2.05) is 24.8 Å². The van der Waals surface area contributed by atoms with E-state index in [0.29, 0.717) is 33.1 Å². The highest BCUT2D eigenvalue weighted by atomic mass is 35.5. The van der Waals surface area contributed by atoms with Gasteiger partial charge >= 0.3 is 0 Å². The van der Waals surface area contributed by atoms with Gasteiger partial charge in [-0.3, -0.25) is 9.59 Å². The first-order chi connectivity index (χ1) is 13.2. The summed E-state index contributed by atoms with van der Waals surface area (Å²) in [5.41, 5.74) is 0.741. The molecule has 0 saturated heterocycles. The molecule has 150 valence electrons. The van der Waals surface area contributed by atoms with Gasteiger partial charge in [-0.1, -0.05) is 25.4 Å². The van der Waals surface area contributed by atoms with Crippen LogP contribution in [-0.2, 0) is 4.79 Å². The Bertz CT molecular complexity index is 892. The first-order valence-corrected chi connectivity index (χ1v) is 10.5. The summed E-state index contributed by atoms with van der Waals surface area (Å²) in [5, 5.41) is 2.87. The second kappa shape index (κ2) is 8.13. The Labute approximate surface area is 174 Å². The number of benzene rings is 1. The fourth-order valence-electron chi connectivity index (χ4n) is 2.96. The van der Waals surface area contributed by atoms with Crippen LogP contribution >= 0.6 is 22.9 Å². The van der Waals surface area contributed by atoms with Gasteiger partial charge in [0.05, 0.1) is 20.3 Å². The summed E-state index contributed by atoms with van der Waals surface area (Å²) in [5.74, 6) is 0.917. The summed E-state index contributed by atoms with van der Waals surface area (Å²) in [6, 6.07) is 8.80. The largest absolute Gasteiger partial charge is 0.490 e. The zero-order chi connectivity index (χ0) is 20.5. The van der Waals surface area contributed by atoms with Gasteiger partial charge in [-0.05, 0) is 50.5 Å². The Balaban J connectivity index is 1.87. The van der Waals surface area contributed by atoms with Crippen LogP contribution < -0.4 is 15.0 Å². The third kappa shape index (κ3) is 4.50. The molecule has 1 aromatic heterocycles. The number of hydrogen-bond acceptors (Lipinski definition) is 4. The van der Waals surface area contributed by atoms with Crippen LogP contribution in [0, 0.1) is 11.3 Å². The molecule has 28 heavy (non-hydrogen) atoms. The van der Waals surface area contributed by atoms with Gasteiger partial charge in [-0.25, -0.2) is 0 Å². The van der Waals surface area contributed by atoms with Crippen LogP contribution in [0.25, 0.3) is 0 Å². The second-order valence-corrected chi connectivity index (χ2v) is 9.77. The van der Waals surface area contributed by atoms with Crippen molar-refractivity contribution in [2.45, 2.75) is 34.1 Å². The smallest absolute Gasteiger partial charge is 0.265 e. The Morgan fingerprint density at radius 2 is 2.07 bits per heavy atom. The predicted octanol–water partition coefficient (Wildman–Crippen LogP) is 5.45. The molecule has 0 atom stereocenters. The molecule has 2 heterocycles. The number of ether oxygens (including phenoxy) is 1. The Hall–Kier alpha value is -2.05. The number of carbonyl (C=O) groups excluding carboxylic acids is 2. The molecular weight excluding hydrogens is 396 g/mol. The number of amides is 2. The van der Waals surface area contributed by atoms with Gasteiger partial charge in [0.2, 0.25) is 5.91 Å². The van der Waals surface area contributed by atoms with E-state index in [4.69, 9.17) is 16.3 Å². The molecule has 0 aliphatic carbocycles. The molecule has 3 rings (SSSR count). The van der Waals surface area contributed by atoms with Gasteiger partial charge in [0.25, 0.3) is 5.91 Å². The number of nitrogens with zero attached hydrogens (tertiary/aromatic N) is 1. The molecule has 2 amide bonds. The lowest BCUT2D eigenvalue weighted by atomic mass is 9.92. The number of halogens is 1. The molecular formula is C21H25ClN2O3S. The van der Waals surface area contributed by atoms with E-state index in [0.717, 1.165) is 12.1 Å². The van der Waals surface area contributed by atoms with E-state index in [1.54, 1.807) is 24.3 Å². The lowest BCUT2D eigenvalue weighted by Crippen LogP contribution is -2.42. The van der Waals surface area contributed by atoms with Crippen molar-refractivity contribution in [3.05, 3.63) is 39.5 Å². The van der Waals surface area contributed by atoms with Crippen LogP contribution in [0.5, 0.6) is 5.75 Å². The van der Waals surface area contributed by atoms with Crippen molar-refractivity contribution in [3.8, 4) is 5.75 Å². The summed E-state index contributed by atoms with van der Waals surface area (Å²) in [4.78, 5) is 27.8. The molecule has 1 aromatic carbocycles. The zero-order valence-corrected chi connectivity index (χ0v) is 18.1. The van der Waals surface area contributed by atoms with E-state index < -0.39 is 5.41 Å². The molecule has 1 aliphatic rings. The van der Waals surface area contributed by atoms with Gasteiger partial charge in [0.15, 0.2) is 0 Å². The number of nitrogens with one attached hydrogen (secondary N) is 1. The summed E-state index contributed by atoms with van der Waals surface area (Å²) in [6.07, 6.45) is 0.902. The van der Waals surface area contributed by atoms with Crippen molar-refractivity contribution in [3.63, 3.8) is 0 Å². The van der Waals surface area contributed by atoms with Crippen LogP contribution in [0.15, 0.2) is 30.3 Å².